The van der Waals surface area contributed by atoms with Gasteiger partial charge >= 0.3 is 0 Å². The van der Waals surface area contributed by atoms with E-state index >= 15 is 0 Å². The summed E-state index contributed by atoms with van der Waals surface area (Å²) < 4.78 is 26.9. The minimum atomic E-state index is -0.816. The first-order valence-corrected chi connectivity index (χ1v) is 6.78. The van der Waals surface area contributed by atoms with E-state index in [1.54, 1.807) is 0 Å². The van der Waals surface area contributed by atoms with E-state index in [1.807, 2.05) is 0 Å². The highest BCUT2D eigenvalue weighted by Gasteiger charge is 2.36. The molecule has 1 heterocycles. The zero-order valence-electron chi connectivity index (χ0n) is 10.1. The molecular formula is C13H13F2N3S. The largest absolute Gasteiger partial charge is 0.375 e. The van der Waals surface area contributed by atoms with Crippen LogP contribution in [0.15, 0.2) is 18.2 Å². The van der Waals surface area contributed by atoms with Gasteiger partial charge in [-0.25, -0.2) is 13.8 Å². The number of rotatable bonds is 1. The fourth-order valence-corrected chi connectivity index (χ4v) is 3.58. The van der Waals surface area contributed by atoms with E-state index in [1.165, 1.54) is 23.5 Å². The molecule has 1 unspecified atom stereocenters. The van der Waals surface area contributed by atoms with Gasteiger partial charge in [-0.15, -0.1) is 11.3 Å². The summed E-state index contributed by atoms with van der Waals surface area (Å²) in [5, 5.41) is 0.508. The number of hydrogen-bond acceptors (Lipinski definition) is 4. The molecule has 0 bridgehead atoms. The monoisotopic (exact) mass is 281 g/mol. The van der Waals surface area contributed by atoms with Crippen LogP contribution in [0.3, 0.4) is 0 Å². The molecule has 0 saturated heterocycles. The van der Waals surface area contributed by atoms with Gasteiger partial charge in [0.25, 0.3) is 0 Å². The van der Waals surface area contributed by atoms with Crippen LogP contribution in [0, 0.1) is 11.6 Å². The molecule has 2 aromatic rings. The molecule has 0 saturated carbocycles. The maximum Gasteiger partial charge on any atom is 0.180 e. The van der Waals surface area contributed by atoms with Crippen molar-refractivity contribution in [3.05, 3.63) is 46.0 Å². The van der Waals surface area contributed by atoms with Crippen molar-refractivity contribution in [2.45, 2.75) is 24.8 Å². The Balaban J connectivity index is 2.01. The second kappa shape index (κ2) is 4.25. The van der Waals surface area contributed by atoms with E-state index in [4.69, 9.17) is 11.5 Å². The SMILES string of the molecule is Nc1nc2c(s1)CC(N)(c1ccc(F)cc1F)CC2. The van der Waals surface area contributed by atoms with Crippen molar-refractivity contribution < 1.29 is 8.78 Å². The lowest BCUT2D eigenvalue weighted by atomic mass is 9.78. The van der Waals surface area contributed by atoms with Gasteiger partial charge in [-0.05, 0) is 18.9 Å². The van der Waals surface area contributed by atoms with E-state index in [9.17, 15) is 8.78 Å². The van der Waals surface area contributed by atoms with Crippen LogP contribution in [-0.4, -0.2) is 4.98 Å². The van der Waals surface area contributed by atoms with Gasteiger partial charge in [0.15, 0.2) is 5.13 Å². The van der Waals surface area contributed by atoms with Crippen LogP contribution in [0.1, 0.15) is 22.6 Å². The number of aryl methyl sites for hydroxylation is 1. The first-order valence-electron chi connectivity index (χ1n) is 5.96. The number of nitrogens with two attached hydrogens (primary N) is 2. The number of anilines is 1. The summed E-state index contributed by atoms with van der Waals surface area (Å²) in [7, 11) is 0. The van der Waals surface area contributed by atoms with Crippen molar-refractivity contribution >= 4 is 16.5 Å². The van der Waals surface area contributed by atoms with Gasteiger partial charge < -0.3 is 11.5 Å². The molecule has 19 heavy (non-hydrogen) atoms. The van der Waals surface area contributed by atoms with Gasteiger partial charge in [0.05, 0.1) is 5.69 Å². The number of thiazole rings is 1. The fraction of sp³-hybridized carbons (Fsp3) is 0.308. The molecule has 1 aromatic heterocycles. The zero-order valence-corrected chi connectivity index (χ0v) is 10.9. The van der Waals surface area contributed by atoms with Gasteiger partial charge in [0, 0.05) is 28.5 Å². The molecular weight excluding hydrogens is 268 g/mol. The first kappa shape index (κ1) is 12.5. The Bertz CT molecular complexity index is 641. The highest BCUT2D eigenvalue weighted by molar-refractivity contribution is 7.15. The summed E-state index contributed by atoms with van der Waals surface area (Å²) in [5.41, 5.74) is 12.5. The number of nitrogens with zero attached hydrogens (tertiary/aromatic N) is 1. The van der Waals surface area contributed by atoms with Crippen molar-refractivity contribution in [2.24, 2.45) is 5.73 Å². The molecule has 1 atom stereocenters. The molecule has 1 aliphatic carbocycles. The molecule has 6 heteroatoms. The molecule has 4 N–H and O–H groups in total. The van der Waals surface area contributed by atoms with Crippen LogP contribution in [0.4, 0.5) is 13.9 Å². The standard InChI is InChI=1S/C13H13F2N3S/c14-7-1-2-8(9(15)5-7)13(17)4-3-10-11(6-13)19-12(16)18-10/h1-2,5H,3-4,6,17H2,(H2,16,18). The average molecular weight is 281 g/mol. The van der Waals surface area contributed by atoms with E-state index < -0.39 is 17.2 Å². The van der Waals surface area contributed by atoms with Crippen molar-refractivity contribution in [1.82, 2.24) is 4.98 Å². The predicted octanol–water partition coefficient (Wildman–Crippen LogP) is 2.35. The molecule has 3 nitrogen and oxygen atoms in total. The fourth-order valence-electron chi connectivity index (χ4n) is 2.58. The maximum atomic E-state index is 13.9. The first-order chi connectivity index (χ1) is 8.98. The lowest BCUT2D eigenvalue weighted by Gasteiger charge is -2.33. The summed E-state index contributed by atoms with van der Waals surface area (Å²) in [4.78, 5) is 5.23. The summed E-state index contributed by atoms with van der Waals surface area (Å²) in [6.45, 7) is 0. The van der Waals surface area contributed by atoms with Crippen LogP contribution in [0.2, 0.25) is 0 Å². The van der Waals surface area contributed by atoms with Crippen LogP contribution in [0.5, 0.6) is 0 Å². The summed E-state index contributed by atoms with van der Waals surface area (Å²) in [6, 6.07) is 3.55. The maximum absolute atomic E-state index is 13.9. The number of fused-ring (bicyclic) bond motifs is 1. The van der Waals surface area contributed by atoms with E-state index in [0.717, 1.165) is 16.6 Å². The third kappa shape index (κ3) is 2.11. The van der Waals surface area contributed by atoms with E-state index in [0.29, 0.717) is 30.0 Å². The Morgan fingerprint density at radius 1 is 1.32 bits per heavy atom. The van der Waals surface area contributed by atoms with Crippen molar-refractivity contribution in [3.8, 4) is 0 Å². The van der Waals surface area contributed by atoms with Crippen molar-refractivity contribution in [3.63, 3.8) is 0 Å². The molecule has 0 amide bonds. The molecule has 1 aliphatic rings. The van der Waals surface area contributed by atoms with Gasteiger partial charge in [-0.3, -0.25) is 0 Å². The molecule has 100 valence electrons. The summed E-state index contributed by atoms with van der Waals surface area (Å²) in [6.07, 6.45) is 1.72. The number of nitrogen functional groups attached to an aromatic ring is 1. The zero-order chi connectivity index (χ0) is 13.6. The van der Waals surface area contributed by atoms with Gasteiger partial charge in [0.1, 0.15) is 11.6 Å². The number of aromatic nitrogens is 1. The Hall–Kier alpha value is -1.53. The predicted molar refractivity (Wildman–Crippen MR) is 70.8 cm³/mol. The average Bonchev–Trinajstić information content (AvgIpc) is 2.67. The van der Waals surface area contributed by atoms with Gasteiger partial charge in [-0.2, -0.15) is 0 Å². The molecule has 3 rings (SSSR count). The topological polar surface area (TPSA) is 64.9 Å². The van der Waals surface area contributed by atoms with Gasteiger partial charge in [-0.1, -0.05) is 6.07 Å². The highest BCUT2D eigenvalue weighted by atomic mass is 32.1. The van der Waals surface area contributed by atoms with Crippen LogP contribution < -0.4 is 11.5 Å². The Morgan fingerprint density at radius 3 is 2.84 bits per heavy atom. The molecule has 0 aliphatic heterocycles. The lowest BCUT2D eigenvalue weighted by molar-refractivity contribution is 0.368. The number of hydrogen-bond donors (Lipinski definition) is 2. The van der Waals surface area contributed by atoms with Crippen molar-refractivity contribution in [1.29, 1.82) is 0 Å². The second-order valence-corrected chi connectivity index (χ2v) is 5.99. The second-order valence-electron chi connectivity index (χ2n) is 4.88. The Labute approximate surface area is 113 Å². The van der Waals surface area contributed by atoms with Crippen LogP contribution in [-0.2, 0) is 18.4 Å². The normalized spacial score (nSPS) is 22.3. The highest BCUT2D eigenvalue weighted by Crippen LogP contribution is 2.38. The van der Waals surface area contributed by atoms with Crippen molar-refractivity contribution in [2.75, 3.05) is 5.73 Å². The Kier molecular flexibility index (Phi) is 2.79. The minimum absolute atomic E-state index is 0.353. The molecule has 0 radical (unpaired) electrons. The van der Waals surface area contributed by atoms with E-state index in [-0.39, 0.29) is 0 Å². The third-order valence-electron chi connectivity index (χ3n) is 3.55. The summed E-state index contributed by atoms with van der Waals surface area (Å²) >= 11 is 1.39. The summed E-state index contributed by atoms with van der Waals surface area (Å²) in [5.74, 6) is -1.19. The minimum Gasteiger partial charge on any atom is -0.375 e. The third-order valence-corrected chi connectivity index (χ3v) is 4.47. The van der Waals surface area contributed by atoms with Gasteiger partial charge in [0.2, 0.25) is 0 Å². The number of benzene rings is 1. The van der Waals surface area contributed by atoms with Crippen LogP contribution >= 0.6 is 11.3 Å². The smallest absolute Gasteiger partial charge is 0.180 e. The quantitative estimate of drug-likeness (QED) is 0.843. The molecule has 0 spiro atoms. The number of halogens is 2. The molecule has 0 fully saturated rings. The van der Waals surface area contributed by atoms with E-state index in [2.05, 4.69) is 4.98 Å². The lowest BCUT2D eigenvalue weighted by Crippen LogP contribution is -2.42. The molecule has 1 aromatic carbocycles. The van der Waals surface area contributed by atoms with Crippen LogP contribution in [0.25, 0.3) is 0 Å². The Morgan fingerprint density at radius 2 is 2.11 bits per heavy atom.